The maximum Gasteiger partial charge on any atom is 0.254 e. The van der Waals surface area contributed by atoms with E-state index in [2.05, 4.69) is 22.5 Å². The number of fused-ring (bicyclic) bond motifs is 1. The van der Waals surface area contributed by atoms with Crippen LogP contribution in [0.3, 0.4) is 0 Å². The minimum atomic E-state index is -0.0167. The SMILES string of the molecule is CCCCCCn1c(CN(C)C(=O)c2ccncc2)nc2ccccc21. The number of rotatable bonds is 8. The Morgan fingerprint density at radius 2 is 1.85 bits per heavy atom. The van der Waals surface area contributed by atoms with Crippen molar-refractivity contribution in [2.75, 3.05) is 7.05 Å². The lowest BCUT2D eigenvalue weighted by Crippen LogP contribution is -2.27. The molecule has 0 aliphatic carbocycles. The van der Waals surface area contributed by atoms with Gasteiger partial charge in [0.15, 0.2) is 0 Å². The zero-order valence-electron chi connectivity index (χ0n) is 15.6. The van der Waals surface area contributed by atoms with E-state index >= 15 is 0 Å². The third kappa shape index (κ3) is 4.10. The van der Waals surface area contributed by atoms with Crippen LogP contribution in [0.2, 0.25) is 0 Å². The molecule has 1 aromatic carbocycles. The Bertz CT molecular complexity index is 857. The van der Waals surface area contributed by atoms with E-state index in [9.17, 15) is 4.79 Å². The molecule has 0 aliphatic rings. The maximum absolute atomic E-state index is 12.6. The normalized spacial score (nSPS) is 11.0. The molecule has 0 saturated heterocycles. The van der Waals surface area contributed by atoms with Gasteiger partial charge in [-0.1, -0.05) is 38.3 Å². The largest absolute Gasteiger partial charge is 0.334 e. The molecule has 0 unspecified atom stereocenters. The molecule has 0 bridgehead atoms. The predicted molar refractivity (Wildman–Crippen MR) is 104 cm³/mol. The standard InChI is InChI=1S/C21H26N4O/c1-3-4-5-8-15-25-19-10-7-6-9-18(19)23-20(25)16-24(2)21(26)17-11-13-22-14-12-17/h6-7,9-14H,3-5,8,15-16H2,1-2H3. The molecule has 5 nitrogen and oxygen atoms in total. The van der Waals surface area contributed by atoms with Gasteiger partial charge in [-0.3, -0.25) is 9.78 Å². The number of carbonyl (C=O) groups is 1. The van der Waals surface area contributed by atoms with Gasteiger partial charge in [-0.2, -0.15) is 0 Å². The molecule has 0 atom stereocenters. The van der Waals surface area contributed by atoms with Crippen molar-refractivity contribution < 1.29 is 4.79 Å². The minimum absolute atomic E-state index is 0.0167. The highest BCUT2D eigenvalue weighted by atomic mass is 16.2. The van der Waals surface area contributed by atoms with Crippen molar-refractivity contribution in [3.05, 3.63) is 60.2 Å². The Morgan fingerprint density at radius 3 is 2.62 bits per heavy atom. The second-order valence-corrected chi connectivity index (χ2v) is 6.63. The first-order valence-electron chi connectivity index (χ1n) is 9.30. The quantitative estimate of drug-likeness (QED) is 0.570. The molecule has 3 rings (SSSR count). The van der Waals surface area contributed by atoms with Crippen LogP contribution in [0.1, 0.15) is 48.8 Å². The van der Waals surface area contributed by atoms with Crippen LogP contribution in [0.5, 0.6) is 0 Å². The number of para-hydroxylation sites is 2. The second kappa shape index (κ2) is 8.61. The molecule has 0 fully saturated rings. The number of carbonyl (C=O) groups excluding carboxylic acids is 1. The molecular weight excluding hydrogens is 324 g/mol. The van der Waals surface area contributed by atoms with E-state index in [1.54, 1.807) is 29.4 Å². The summed E-state index contributed by atoms with van der Waals surface area (Å²) in [5, 5.41) is 0. The summed E-state index contributed by atoms with van der Waals surface area (Å²) in [6, 6.07) is 11.7. The fourth-order valence-corrected chi connectivity index (χ4v) is 3.19. The van der Waals surface area contributed by atoms with E-state index in [0.29, 0.717) is 12.1 Å². The van der Waals surface area contributed by atoms with E-state index in [1.807, 2.05) is 25.2 Å². The maximum atomic E-state index is 12.6. The minimum Gasteiger partial charge on any atom is -0.334 e. The van der Waals surface area contributed by atoms with Crippen LogP contribution in [0.25, 0.3) is 11.0 Å². The van der Waals surface area contributed by atoms with Gasteiger partial charge in [0.05, 0.1) is 17.6 Å². The van der Waals surface area contributed by atoms with Gasteiger partial charge < -0.3 is 9.47 Å². The van der Waals surface area contributed by atoms with Crippen LogP contribution in [0, 0.1) is 0 Å². The number of amides is 1. The molecule has 0 saturated carbocycles. The average Bonchev–Trinajstić information content (AvgIpc) is 3.02. The van der Waals surface area contributed by atoms with Crippen molar-refractivity contribution in [2.45, 2.75) is 45.7 Å². The lowest BCUT2D eigenvalue weighted by Gasteiger charge is -2.18. The summed E-state index contributed by atoms with van der Waals surface area (Å²) in [5.74, 6) is 0.921. The first-order valence-corrected chi connectivity index (χ1v) is 9.30. The molecule has 0 radical (unpaired) electrons. The van der Waals surface area contributed by atoms with Gasteiger partial charge in [0.25, 0.3) is 5.91 Å². The summed E-state index contributed by atoms with van der Waals surface area (Å²) in [6.45, 7) is 3.65. The van der Waals surface area contributed by atoms with Crippen molar-refractivity contribution >= 4 is 16.9 Å². The summed E-state index contributed by atoms with van der Waals surface area (Å²) >= 11 is 0. The average molecular weight is 350 g/mol. The van der Waals surface area contributed by atoms with Crippen LogP contribution in [-0.4, -0.2) is 32.4 Å². The van der Waals surface area contributed by atoms with Gasteiger partial charge in [-0.25, -0.2) is 4.98 Å². The fourth-order valence-electron chi connectivity index (χ4n) is 3.19. The molecule has 26 heavy (non-hydrogen) atoms. The van der Waals surface area contributed by atoms with Gasteiger partial charge in [0.2, 0.25) is 0 Å². The lowest BCUT2D eigenvalue weighted by atomic mass is 10.2. The van der Waals surface area contributed by atoms with E-state index in [4.69, 9.17) is 4.98 Å². The summed E-state index contributed by atoms with van der Waals surface area (Å²) in [6.07, 6.45) is 8.11. The molecule has 0 N–H and O–H groups in total. The van der Waals surface area contributed by atoms with E-state index in [1.165, 1.54) is 19.3 Å². The Kier molecular flexibility index (Phi) is 6.00. The number of aromatic nitrogens is 3. The summed E-state index contributed by atoms with van der Waals surface area (Å²) in [4.78, 5) is 23.1. The predicted octanol–water partition coefficient (Wildman–Crippen LogP) is 4.28. The fraction of sp³-hybridized carbons (Fsp3) is 0.381. The number of imidazole rings is 1. The molecule has 2 heterocycles. The van der Waals surface area contributed by atoms with Crippen LogP contribution in [-0.2, 0) is 13.1 Å². The van der Waals surface area contributed by atoms with Gasteiger partial charge >= 0.3 is 0 Å². The summed E-state index contributed by atoms with van der Waals surface area (Å²) in [5.41, 5.74) is 2.78. The van der Waals surface area contributed by atoms with Crippen molar-refractivity contribution in [1.82, 2.24) is 19.4 Å². The molecule has 1 amide bonds. The Morgan fingerprint density at radius 1 is 1.08 bits per heavy atom. The zero-order valence-corrected chi connectivity index (χ0v) is 15.6. The van der Waals surface area contributed by atoms with Crippen molar-refractivity contribution in [3.8, 4) is 0 Å². The highest BCUT2D eigenvalue weighted by Gasteiger charge is 2.16. The zero-order chi connectivity index (χ0) is 18.4. The third-order valence-corrected chi connectivity index (χ3v) is 4.62. The van der Waals surface area contributed by atoms with Crippen LogP contribution in [0.15, 0.2) is 48.8 Å². The van der Waals surface area contributed by atoms with Gasteiger partial charge in [0, 0.05) is 31.5 Å². The molecular formula is C21H26N4O. The molecule has 3 aromatic rings. The monoisotopic (exact) mass is 350 g/mol. The van der Waals surface area contributed by atoms with Crippen LogP contribution < -0.4 is 0 Å². The van der Waals surface area contributed by atoms with Gasteiger partial charge in [0.1, 0.15) is 5.82 Å². The molecule has 5 heteroatoms. The molecule has 0 aliphatic heterocycles. The Labute approximate surface area is 154 Å². The first-order chi connectivity index (χ1) is 12.7. The number of unbranched alkanes of at least 4 members (excludes halogenated alkanes) is 3. The topological polar surface area (TPSA) is 51.0 Å². The number of nitrogens with zero attached hydrogens (tertiary/aromatic N) is 4. The molecule has 136 valence electrons. The van der Waals surface area contributed by atoms with Gasteiger partial charge in [-0.15, -0.1) is 0 Å². The number of hydrogen-bond acceptors (Lipinski definition) is 3. The molecule has 0 spiro atoms. The van der Waals surface area contributed by atoms with E-state index in [0.717, 1.165) is 29.8 Å². The number of hydrogen-bond donors (Lipinski definition) is 0. The summed E-state index contributed by atoms with van der Waals surface area (Å²) in [7, 11) is 1.82. The number of benzene rings is 1. The highest BCUT2D eigenvalue weighted by Crippen LogP contribution is 2.19. The summed E-state index contributed by atoms with van der Waals surface area (Å²) < 4.78 is 2.27. The smallest absolute Gasteiger partial charge is 0.254 e. The number of pyridine rings is 1. The first kappa shape index (κ1) is 18.1. The van der Waals surface area contributed by atoms with Crippen molar-refractivity contribution in [2.24, 2.45) is 0 Å². The lowest BCUT2D eigenvalue weighted by molar-refractivity contribution is 0.0780. The Balaban J connectivity index is 1.80. The Hall–Kier alpha value is -2.69. The van der Waals surface area contributed by atoms with Crippen molar-refractivity contribution in [1.29, 1.82) is 0 Å². The van der Waals surface area contributed by atoms with Crippen molar-refractivity contribution in [3.63, 3.8) is 0 Å². The van der Waals surface area contributed by atoms with Crippen LogP contribution >= 0.6 is 0 Å². The van der Waals surface area contributed by atoms with E-state index < -0.39 is 0 Å². The third-order valence-electron chi connectivity index (χ3n) is 4.62. The number of aryl methyl sites for hydroxylation is 1. The van der Waals surface area contributed by atoms with E-state index in [-0.39, 0.29) is 5.91 Å². The van der Waals surface area contributed by atoms with Gasteiger partial charge in [-0.05, 0) is 30.7 Å². The van der Waals surface area contributed by atoms with Crippen LogP contribution in [0.4, 0.5) is 0 Å². The highest BCUT2D eigenvalue weighted by molar-refractivity contribution is 5.93. The molecule has 2 aromatic heterocycles. The second-order valence-electron chi connectivity index (χ2n) is 6.63.